The number of benzene rings is 2. The van der Waals surface area contributed by atoms with Crippen LogP contribution in [0.4, 0.5) is 0 Å². The van der Waals surface area contributed by atoms with E-state index in [4.69, 9.17) is 23.1 Å². The summed E-state index contributed by atoms with van der Waals surface area (Å²) in [4.78, 5) is 0. The number of rotatable bonds is 20. The quantitative estimate of drug-likeness (QED) is 0.101. The molecule has 0 bridgehead atoms. The topological polar surface area (TPSA) is 46.2 Å². The third-order valence-corrected chi connectivity index (χ3v) is 19.8. The normalized spacial score (nSPS) is 16.6. The van der Waals surface area contributed by atoms with Crippen LogP contribution in [0.2, 0.25) is 36.3 Å². The van der Waals surface area contributed by atoms with Gasteiger partial charge in [0.05, 0.1) is 45.7 Å². The Morgan fingerprint density at radius 3 is 1.65 bits per heavy atom. The summed E-state index contributed by atoms with van der Waals surface area (Å²) in [6.45, 7) is 34.9. The smallest absolute Gasteiger partial charge is 0.192 e. The lowest BCUT2D eigenvalue weighted by atomic mass is 9.88. The molecule has 0 fully saturated rings. The molecule has 0 saturated heterocycles. The summed E-state index contributed by atoms with van der Waals surface area (Å²) < 4.78 is 31.9. The fourth-order valence-electron chi connectivity index (χ4n) is 5.64. The van der Waals surface area contributed by atoms with E-state index in [2.05, 4.69) is 138 Å². The minimum absolute atomic E-state index is 0.00699. The summed E-state index contributed by atoms with van der Waals surface area (Å²) in [7, 11) is -2.28. The zero-order valence-electron chi connectivity index (χ0n) is 33.9. The van der Waals surface area contributed by atoms with Gasteiger partial charge >= 0.3 is 0 Å². The fourth-order valence-corrected chi connectivity index (χ4v) is 8.45. The van der Waals surface area contributed by atoms with Gasteiger partial charge in [0.15, 0.2) is 16.6 Å². The number of methoxy groups -OCH3 is 1. The van der Waals surface area contributed by atoms with Gasteiger partial charge in [0, 0.05) is 5.92 Å². The molecule has 0 heterocycles. The van der Waals surface area contributed by atoms with E-state index < -0.39 is 16.6 Å². The first-order valence-electron chi connectivity index (χ1n) is 18.5. The first-order valence-corrected chi connectivity index (χ1v) is 24.3. The molecule has 0 amide bonds. The third kappa shape index (κ3) is 14.8. The highest BCUT2D eigenvalue weighted by Crippen LogP contribution is 2.40. The van der Waals surface area contributed by atoms with Crippen LogP contribution in [-0.2, 0) is 31.5 Å². The van der Waals surface area contributed by atoms with Crippen LogP contribution in [0.5, 0.6) is 5.75 Å². The standard InChI is InChI=1S/C42H72O5Si2/c1-32(26-34(3)39(46-48(12,13)41(5,6)7)30-44-28-36-19-17-16-18-20-36)25-33(2)27-35(4)40(47-49(14,15)42(8,9)10)31-45-29-37-21-23-38(43-11)24-22-37/h16-24,27,32,34-35,39-40H,25-26,28-31H2,1-15H3/b33-27+/t32-,34+,35+,39+,40+/m1/s1. The molecule has 0 aliphatic rings. The molecule has 2 aromatic rings. The second-order valence-corrected chi connectivity index (χ2v) is 27.1. The summed E-state index contributed by atoms with van der Waals surface area (Å²) in [5, 5.41) is 0.269. The van der Waals surface area contributed by atoms with Crippen molar-refractivity contribution in [2.45, 2.75) is 144 Å². The van der Waals surface area contributed by atoms with Crippen molar-refractivity contribution in [2.75, 3.05) is 20.3 Å². The number of hydrogen-bond donors (Lipinski definition) is 0. The molecule has 7 heteroatoms. The third-order valence-electron chi connectivity index (χ3n) is 10.8. The summed E-state index contributed by atoms with van der Waals surface area (Å²) in [6, 6.07) is 18.5. The van der Waals surface area contributed by atoms with E-state index in [0.29, 0.717) is 38.3 Å². The lowest BCUT2D eigenvalue weighted by molar-refractivity contribution is 0.00420. The number of hydrogen-bond acceptors (Lipinski definition) is 5. The summed E-state index contributed by atoms with van der Waals surface area (Å²) in [5.41, 5.74) is 3.75. The minimum atomic E-state index is -2.00. The molecule has 0 spiro atoms. The molecule has 0 unspecified atom stereocenters. The second-order valence-electron chi connectivity index (χ2n) is 17.6. The van der Waals surface area contributed by atoms with E-state index in [1.54, 1.807) is 7.11 Å². The number of ether oxygens (including phenoxy) is 3. The Labute approximate surface area is 303 Å². The number of allylic oxidation sites excluding steroid dienone is 1. The molecule has 5 atom stereocenters. The van der Waals surface area contributed by atoms with Crippen LogP contribution in [0.15, 0.2) is 66.2 Å². The average Bonchev–Trinajstić information content (AvgIpc) is 2.99. The van der Waals surface area contributed by atoms with Gasteiger partial charge in [-0.05, 0) is 91.1 Å². The molecule has 5 nitrogen and oxygen atoms in total. The molecule has 0 saturated carbocycles. The van der Waals surface area contributed by atoms with Gasteiger partial charge in [-0.15, -0.1) is 0 Å². The van der Waals surface area contributed by atoms with Gasteiger partial charge in [-0.3, -0.25) is 0 Å². The van der Waals surface area contributed by atoms with E-state index in [0.717, 1.165) is 24.2 Å². The predicted molar refractivity (Wildman–Crippen MR) is 213 cm³/mol. The van der Waals surface area contributed by atoms with Crippen molar-refractivity contribution in [3.8, 4) is 5.75 Å². The van der Waals surface area contributed by atoms with E-state index >= 15 is 0 Å². The molecule has 0 aromatic heterocycles. The zero-order valence-corrected chi connectivity index (χ0v) is 35.9. The Bertz CT molecular complexity index is 1240. The maximum Gasteiger partial charge on any atom is 0.192 e. The lowest BCUT2D eigenvalue weighted by Gasteiger charge is -2.41. The van der Waals surface area contributed by atoms with Crippen LogP contribution in [0.1, 0.15) is 93.2 Å². The van der Waals surface area contributed by atoms with Crippen LogP contribution in [-0.4, -0.2) is 49.2 Å². The van der Waals surface area contributed by atoms with Crippen LogP contribution < -0.4 is 4.74 Å². The predicted octanol–water partition coefficient (Wildman–Crippen LogP) is 11.8. The lowest BCUT2D eigenvalue weighted by Crippen LogP contribution is -2.47. The van der Waals surface area contributed by atoms with Crippen LogP contribution >= 0.6 is 0 Å². The Morgan fingerprint density at radius 2 is 1.16 bits per heavy atom. The highest BCUT2D eigenvalue weighted by molar-refractivity contribution is 6.74. The molecule has 49 heavy (non-hydrogen) atoms. The molecule has 278 valence electrons. The molecule has 0 aliphatic carbocycles. The monoisotopic (exact) mass is 712 g/mol. The molecule has 0 aliphatic heterocycles. The molecule has 2 aromatic carbocycles. The van der Waals surface area contributed by atoms with Gasteiger partial charge in [0.2, 0.25) is 0 Å². The van der Waals surface area contributed by atoms with Gasteiger partial charge in [-0.25, -0.2) is 0 Å². The molecule has 2 rings (SSSR count). The zero-order chi connectivity index (χ0) is 37.0. The van der Waals surface area contributed by atoms with Gasteiger partial charge in [0.1, 0.15) is 5.75 Å². The van der Waals surface area contributed by atoms with E-state index in [1.807, 2.05) is 18.2 Å². The summed E-state index contributed by atoms with van der Waals surface area (Å²) in [5.74, 6) is 1.99. The SMILES string of the molecule is COc1ccc(COC[C@H](O[Si](C)(C)C(C)(C)C)[C@@H](C)/C=C(\C)C[C@@H](C)C[C@H](C)[C@H](COCc2ccccc2)O[Si](C)(C)C(C)(C)C)cc1. The Hall–Kier alpha value is -1.75. The van der Waals surface area contributed by atoms with Crippen LogP contribution in [0.25, 0.3) is 0 Å². The van der Waals surface area contributed by atoms with Gasteiger partial charge in [-0.2, -0.15) is 0 Å². The summed E-state index contributed by atoms with van der Waals surface area (Å²) in [6.07, 6.45) is 4.63. The average molecular weight is 713 g/mol. The highest BCUT2D eigenvalue weighted by atomic mass is 28.4. The van der Waals surface area contributed by atoms with Crippen LogP contribution in [0, 0.1) is 17.8 Å². The van der Waals surface area contributed by atoms with Crippen molar-refractivity contribution in [3.05, 3.63) is 77.4 Å². The van der Waals surface area contributed by atoms with E-state index in [1.165, 1.54) is 11.1 Å². The minimum Gasteiger partial charge on any atom is -0.497 e. The molecule has 0 N–H and O–H groups in total. The second kappa shape index (κ2) is 19.2. The van der Waals surface area contributed by atoms with Crippen LogP contribution in [0.3, 0.4) is 0 Å². The van der Waals surface area contributed by atoms with E-state index in [-0.39, 0.29) is 28.2 Å². The first kappa shape index (κ1) is 43.4. The summed E-state index contributed by atoms with van der Waals surface area (Å²) >= 11 is 0. The largest absolute Gasteiger partial charge is 0.497 e. The maximum absolute atomic E-state index is 7.03. The maximum atomic E-state index is 7.03. The van der Waals surface area contributed by atoms with Crippen molar-refractivity contribution >= 4 is 16.6 Å². The van der Waals surface area contributed by atoms with Crippen molar-refractivity contribution in [1.29, 1.82) is 0 Å². The molecule has 0 radical (unpaired) electrons. The Morgan fingerprint density at radius 1 is 0.694 bits per heavy atom. The van der Waals surface area contributed by atoms with Gasteiger partial charge in [0.25, 0.3) is 0 Å². The molecular formula is C42H72O5Si2. The highest BCUT2D eigenvalue weighted by Gasteiger charge is 2.41. The van der Waals surface area contributed by atoms with Gasteiger partial charge in [-0.1, -0.05) is 116 Å². The van der Waals surface area contributed by atoms with Crippen molar-refractivity contribution in [2.24, 2.45) is 17.8 Å². The van der Waals surface area contributed by atoms with Crippen molar-refractivity contribution in [3.63, 3.8) is 0 Å². The Balaban J connectivity index is 2.11. The van der Waals surface area contributed by atoms with Gasteiger partial charge < -0.3 is 23.1 Å². The van der Waals surface area contributed by atoms with Crippen molar-refractivity contribution in [1.82, 2.24) is 0 Å². The van der Waals surface area contributed by atoms with Crippen molar-refractivity contribution < 1.29 is 23.1 Å². The van der Waals surface area contributed by atoms with E-state index in [9.17, 15) is 0 Å². The molecular weight excluding hydrogens is 641 g/mol. The Kier molecular flexibility index (Phi) is 17.0. The first-order chi connectivity index (χ1) is 22.6. The fraction of sp³-hybridized carbons (Fsp3) is 0.667.